The lowest BCUT2D eigenvalue weighted by molar-refractivity contribution is -0.119. The first kappa shape index (κ1) is 20.8. The molecule has 0 spiro atoms. The summed E-state index contributed by atoms with van der Waals surface area (Å²) in [6.07, 6.45) is 1.11. The highest BCUT2D eigenvalue weighted by molar-refractivity contribution is 7.93. The number of hydrogen-bond donors (Lipinski definition) is 2. The molecule has 1 aromatic carbocycles. The van der Waals surface area contributed by atoms with Crippen LogP contribution >= 0.6 is 0 Å². The molecule has 0 heterocycles. The fourth-order valence-electron chi connectivity index (χ4n) is 1.66. The van der Waals surface area contributed by atoms with E-state index in [1.165, 1.54) is 13.8 Å². The van der Waals surface area contributed by atoms with E-state index in [-0.39, 0.29) is 16.5 Å². The number of aliphatic imine (C=N–C) groups is 1. The van der Waals surface area contributed by atoms with Crippen molar-refractivity contribution in [2.75, 3.05) is 0 Å². The second kappa shape index (κ2) is 6.95. The zero-order valence-electron chi connectivity index (χ0n) is 14.9. The summed E-state index contributed by atoms with van der Waals surface area (Å²) in [6, 6.07) is 4.15. The molecule has 0 fully saturated rings. The van der Waals surface area contributed by atoms with Gasteiger partial charge in [0.2, 0.25) is 0 Å². The third-order valence-electron chi connectivity index (χ3n) is 3.59. The molecule has 0 aliphatic rings. The molecule has 0 bridgehead atoms. The maximum Gasteiger partial charge on any atom is 0.268 e. The Kier molecular flexibility index (Phi) is 5.79. The van der Waals surface area contributed by atoms with Gasteiger partial charge in [-0.15, -0.1) is 0 Å². The summed E-state index contributed by atoms with van der Waals surface area (Å²) in [5.41, 5.74) is 5.02. The molecule has 0 aliphatic carbocycles. The van der Waals surface area contributed by atoms with Gasteiger partial charge in [0.1, 0.15) is 17.4 Å². The molecule has 138 valence electrons. The maximum absolute atomic E-state index is 13.0. The van der Waals surface area contributed by atoms with Gasteiger partial charge in [0, 0.05) is 11.5 Å². The first-order valence-electron chi connectivity index (χ1n) is 7.49. The monoisotopic (exact) mass is 370 g/mol. The predicted octanol–water partition coefficient (Wildman–Crippen LogP) is 2.75. The second-order valence-electron chi connectivity index (χ2n) is 7.09. The number of rotatable bonds is 4. The summed E-state index contributed by atoms with van der Waals surface area (Å²) in [6.45, 7) is 7.58. The number of carbonyl (C=O) groups excluding carboxylic acids is 1. The first-order chi connectivity index (χ1) is 11.2. The molecule has 0 aromatic heterocycles. The van der Waals surface area contributed by atoms with E-state index in [9.17, 15) is 22.7 Å². The van der Waals surface area contributed by atoms with Crippen LogP contribution in [0, 0.1) is 11.2 Å². The molecule has 0 saturated carbocycles. The molecular formula is C17H23FN2O4S. The summed E-state index contributed by atoms with van der Waals surface area (Å²) in [7, 11) is -4.12. The predicted molar refractivity (Wildman–Crippen MR) is 94.5 cm³/mol. The topological polar surface area (TPSA) is 110 Å². The lowest BCUT2D eigenvalue weighted by atomic mass is 9.93. The van der Waals surface area contributed by atoms with Crippen LogP contribution in [0.25, 0.3) is 0 Å². The average Bonchev–Trinajstić information content (AvgIpc) is 2.46. The Balaban J connectivity index is 3.22. The normalized spacial score (nSPS) is 14.5. The number of allylic oxidation sites excluding steroid dienone is 1. The van der Waals surface area contributed by atoms with Crippen LogP contribution in [0.5, 0.6) is 0 Å². The van der Waals surface area contributed by atoms with E-state index < -0.39 is 31.7 Å². The molecule has 0 aliphatic heterocycles. The summed E-state index contributed by atoms with van der Waals surface area (Å²) in [4.78, 5) is 15.7. The van der Waals surface area contributed by atoms with Crippen molar-refractivity contribution in [2.24, 2.45) is 16.1 Å². The summed E-state index contributed by atoms with van der Waals surface area (Å²) >= 11 is 0. The van der Waals surface area contributed by atoms with Crippen molar-refractivity contribution in [1.82, 2.24) is 0 Å². The number of aliphatic hydroxyl groups excluding tert-OH is 1. The third kappa shape index (κ3) is 4.66. The number of amides is 1. The molecule has 0 saturated heterocycles. The number of hydrogen-bond acceptors (Lipinski definition) is 4. The average molecular weight is 370 g/mol. The molecule has 1 rings (SSSR count). The van der Waals surface area contributed by atoms with Crippen LogP contribution in [0.3, 0.4) is 0 Å². The number of amidine groups is 1. The zero-order valence-corrected chi connectivity index (χ0v) is 15.7. The van der Waals surface area contributed by atoms with Crippen molar-refractivity contribution in [1.29, 1.82) is 0 Å². The fourth-order valence-corrected chi connectivity index (χ4v) is 3.02. The molecule has 3 N–H and O–H groups in total. The summed E-state index contributed by atoms with van der Waals surface area (Å²) < 4.78 is 36.4. The van der Waals surface area contributed by atoms with Crippen LogP contribution in [0.15, 0.2) is 46.0 Å². The van der Waals surface area contributed by atoms with Crippen molar-refractivity contribution in [3.05, 3.63) is 41.9 Å². The Labute approximate surface area is 147 Å². The molecule has 6 nitrogen and oxygen atoms in total. The van der Waals surface area contributed by atoms with E-state index in [2.05, 4.69) is 4.99 Å². The number of sulfone groups is 1. The van der Waals surface area contributed by atoms with Gasteiger partial charge in [0.05, 0.1) is 4.90 Å². The smallest absolute Gasteiger partial charge is 0.268 e. The van der Waals surface area contributed by atoms with E-state index in [1.807, 2.05) is 0 Å². The van der Waals surface area contributed by atoms with E-state index in [1.54, 1.807) is 20.8 Å². The minimum Gasteiger partial charge on any atom is -0.512 e. The van der Waals surface area contributed by atoms with Gasteiger partial charge in [0.25, 0.3) is 5.91 Å². The Morgan fingerprint density at radius 2 is 1.64 bits per heavy atom. The van der Waals surface area contributed by atoms with E-state index in [0.717, 1.165) is 30.3 Å². The van der Waals surface area contributed by atoms with Crippen LogP contribution in [0.2, 0.25) is 0 Å². The SMILES string of the molecule is CC(C)(C)/C(O)=C/C(N)=NC(=O)C(C)(C)S(=O)(=O)c1ccc(F)cc1. The minimum absolute atomic E-state index is 0.0965. The quantitative estimate of drug-likeness (QED) is 0.366. The van der Waals surface area contributed by atoms with Gasteiger partial charge in [-0.1, -0.05) is 20.8 Å². The van der Waals surface area contributed by atoms with Gasteiger partial charge < -0.3 is 10.8 Å². The number of aliphatic hydroxyl groups is 1. The maximum atomic E-state index is 13.0. The van der Waals surface area contributed by atoms with Crippen molar-refractivity contribution in [2.45, 2.75) is 44.3 Å². The van der Waals surface area contributed by atoms with E-state index in [0.29, 0.717) is 0 Å². The Morgan fingerprint density at radius 1 is 1.16 bits per heavy atom. The Bertz CT molecular complexity index is 817. The van der Waals surface area contributed by atoms with Crippen molar-refractivity contribution >= 4 is 21.6 Å². The molecule has 8 heteroatoms. The van der Waals surface area contributed by atoms with E-state index >= 15 is 0 Å². The molecule has 0 atom stereocenters. The fraction of sp³-hybridized carbons (Fsp3) is 0.412. The number of halogens is 1. The van der Waals surface area contributed by atoms with Gasteiger partial charge in [-0.3, -0.25) is 4.79 Å². The second-order valence-corrected chi connectivity index (χ2v) is 9.59. The van der Waals surface area contributed by atoms with Crippen LogP contribution in [0.1, 0.15) is 34.6 Å². The van der Waals surface area contributed by atoms with Crippen LogP contribution in [0.4, 0.5) is 4.39 Å². The zero-order chi connectivity index (χ0) is 19.6. The largest absolute Gasteiger partial charge is 0.512 e. The highest BCUT2D eigenvalue weighted by Crippen LogP contribution is 2.27. The summed E-state index contributed by atoms with van der Waals surface area (Å²) in [5, 5.41) is 9.87. The molecule has 25 heavy (non-hydrogen) atoms. The molecule has 0 unspecified atom stereocenters. The van der Waals surface area contributed by atoms with E-state index in [4.69, 9.17) is 5.73 Å². The van der Waals surface area contributed by atoms with Gasteiger partial charge in [-0.2, -0.15) is 4.99 Å². The molecule has 0 radical (unpaired) electrons. The lowest BCUT2D eigenvalue weighted by Crippen LogP contribution is -2.40. The van der Waals surface area contributed by atoms with Crippen molar-refractivity contribution in [3.63, 3.8) is 0 Å². The van der Waals surface area contributed by atoms with Gasteiger partial charge in [-0.05, 0) is 38.1 Å². The van der Waals surface area contributed by atoms with Crippen LogP contribution < -0.4 is 5.73 Å². The van der Waals surface area contributed by atoms with Crippen molar-refractivity contribution < 1.29 is 22.7 Å². The minimum atomic E-state index is -4.12. The van der Waals surface area contributed by atoms with Gasteiger partial charge >= 0.3 is 0 Å². The first-order valence-corrected chi connectivity index (χ1v) is 8.98. The van der Waals surface area contributed by atoms with Crippen LogP contribution in [-0.4, -0.2) is 30.0 Å². The standard InChI is InChI=1S/C17H23FN2O4S/c1-16(2,3)13(21)10-14(19)20-15(22)17(4,5)25(23,24)12-8-6-11(18)7-9-12/h6-10,21H,1-5H3,(H2,19,20,22)/b13-10-. The Hall–Kier alpha value is -2.22. The molecule has 1 amide bonds. The number of nitrogens with zero attached hydrogens (tertiary/aromatic N) is 1. The summed E-state index contributed by atoms with van der Waals surface area (Å²) in [5.74, 6) is -1.99. The Morgan fingerprint density at radius 3 is 2.08 bits per heavy atom. The third-order valence-corrected chi connectivity index (χ3v) is 6.01. The van der Waals surface area contributed by atoms with Gasteiger partial charge in [0.15, 0.2) is 14.6 Å². The number of carbonyl (C=O) groups is 1. The van der Waals surface area contributed by atoms with Crippen LogP contribution in [-0.2, 0) is 14.6 Å². The number of benzene rings is 1. The van der Waals surface area contributed by atoms with Gasteiger partial charge in [-0.25, -0.2) is 12.8 Å². The number of nitrogens with two attached hydrogens (primary N) is 1. The van der Waals surface area contributed by atoms with Crippen molar-refractivity contribution in [3.8, 4) is 0 Å². The molecular weight excluding hydrogens is 347 g/mol. The highest BCUT2D eigenvalue weighted by Gasteiger charge is 2.43. The highest BCUT2D eigenvalue weighted by atomic mass is 32.2. The lowest BCUT2D eigenvalue weighted by Gasteiger charge is -2.21. The molecule has 1 aromatic rings.